The third-order valence-corrected chi connectivity index (χ3v) is 5.99. The average Bonchev–Trinajstić information content (AvgIpc) is 3.37. The van der Waals surface area contributed by atoms with Crippen molar-refractivity contribution >= 4 is 16.7 Å². The van der Waals surface area contributed by atoms with Gasteiger partial charge in [0, 0.05) is 35.5 Å². The molecule has 0 bridgehead atoms. The maximum atomic E-state index is 13.2. The summed E-state index contributed by atoms with van der Waals surface area (Å²) >= 11 is 0. The molecule has 35 heavy (non-hydrogen) atoms. The summed E-state index contributed by atoms with van der Waals surface area (Å²) in [5, 5.41) is 23.4. The predicted octanol–water partition coefficient (Wildman–Crippen LogP) is 4.40. The Labute approximate surface area is 203 Å². The molecule has 0 aliphatic carbocycles. The van der Waals surface area contributed by atoms with Crippen LogP contribution in [0.2, 0.25) is 0 Å². The summed E-state index contributed by atoms with van der Waals surface area (Å²) in [7, 11) is 0. The summed E-state index contributed by atoms with van der Waals surface area (Å²) in [6.45, 7) is 0.388. The molecule has 3 aromatic carbocycles. The minimum Gasteiger partial charge on any atom is -0.396 e. The first-order chi connectivity index (χ1) is 17.2. The van der Waals surface area contributed by atoms with Crippen LogP contribution in [-0.4, -0.2) is 37.6 Å². The zero-order valence-corrected chi connectivity index (χ0v) is 19.1. The van der Waals surface area contributed by atoms with Gasteiger partial charge in [-0.3, -0.25) is 9.78 Å². The number of hydrogen-bond donors (Lipinski definition) is 2. The van der Waals surface area contributed by atoms with Gasteiger partial charge in [0.15, 0.2) is 0 Å². The molecule has 5 rings (SSSR count). The molecule has 0 aliphatic heterocycles. The van der Waals surface area contributed by atoms with Gasteiger partial charge in [0.2, 0.25) is 0 Å². The highest BCUT2D eigenvalue weighted by molar-refractivity contribution is 5.96. The molecule has 0 saturated heterocycles. The number of hydrogen-bond acceptors (Lipinski definition) is 5. The lowest BCUT2D eigenvalue weighted by molar-refractivity contribution is 0.0929. The van der Waals surface area contributed by atoms with E-state index in [-0.39, 0.29) is 18.6 Å². The predicted molar refractivity (Wildman–Crippen MR) is 135 cm³/mol. The largest absolute Gasteiger partial charge is 0.396 e. The smallest absolute Gasteiger partial charge is 0.252 e. The molecule has 0 radical (unpaired) electrons. The molecule has 5 aromatic rings. The fourth-order valence-corrected chi connectivity index (χ4v) is 4.18. The number of amides is 1. The zero-order valence-electron chi connectivity index (χ0n) is 19.1. The Morgan fingerprint density at radius 2 is 1.80 bits per heavy atom. The Balaban J connectivity index is 1.36. The Morgan fingerprint density at radius 1 is 0.971 bits per heavy atom. The van der Waals surface area contributed by atoms with Crippen LogP contribution in [0.25, 0.3) is 22.0 Å². The molecule has 1 unspecified atom stereocenters. The van der Waals surface area contributed by atoms with Gasteiger partial charge < -0.3 is 10.4 Å². The molecule has 2 N–H and O–H groups in total. The van der Waals surface area contributed by atoms with Gasteiger partial charge in [-0.05, 0) is 41.1 Å². The van der Waals surface area contributed by atoms with Gasteiger partial charge in [0.25, 0.3) is 5.91 Å². The van der Waals surface area contributed by atoms with Crippen LogP contribution in [0.1, 0.15) is 33.9 Å². The van der Waals surface area contributed by atoms with E-state index < -0.39 is 0 Å². The van der Waals surface area contributed by atoms with Gasteiger partial charge in [-0.2, -0.15) is 0 Å². The maximum absolute atomic E-state index is 13.2. The lowest BCUT2D eigenvalue weighted by Gasteiger charge is -2.19. The summed E-state index contributed by atoms with van der Waals surface area (Å²) in [5.41, 5.74) is 4.09. The quantitative estimate of drug-likeness (QED) is 0.356. The van der Waals surface area contributed by atoms with E-state index in [1.807, 2.05) is 79.1 Å². The molecule has 7 heteroatoms. The van der Waals surface area contributed by atoms with E-state index in [1.165, 1.54) is 0 Å². The first kappa shape index (κ1) is 22.4. The van der Waals surface area contributed by atoms with E-state index in [4.69, 9.17) is 0 Å². The molecule has 2 aromatic heterocycles. The van der Waals surface area contributed by atoms with Crippen molar-refractivity contribution in [2.24, 2.45) is 0 Å². The number of fused-ring (bicyclic) bond motifs is 1. The van der Waals surface area contributed by atoms with Crippen LogP contribution in [0.4, 0.5) is 0 Å². The molecule has 2 heterocycles. The van der Waals surface area contributed by atoms with E-state index >= 15 is 0 Å². The summed E-state index contributed by atoms with van der Waals surface area (Å²) in [4.78, 5) is 17.4. The highest BCUT2D eigenvalue weighted by Gasteiger charge is 2.18. The summed E-state index contributed by atoms with van der Waals surface area (Å²) < 4.78 is 1.74. The summed E-state index contributed by atoms with van der Waals surface area (Å²) in [5.74, 6) is -0.189. The summed E-state index contributed by atoms with van der Waals surface area (Å²) in [6.07, 6.45) is 5.93. The fraction of sp³-hybridized carbons (Fsp3) is 0.143. The van der Waals surface area contributed by atoms with Gasteiger partial charge in [-0.25, -0.2) is 4.68 Å². The average molecular weight is 464 g/mol. The van der Waals surface area contributed by atoms with Crippen LogP contribution in [-0.2, 0) is 6.54 Å². The van der Waals surface area contributed by atoms with Crippen LogP contribution in [0.3, 0.4) is 0 Å². The van der Waals surface area contributed by atoms with Crippen LogP contribution in [0.15, 0.2) is 97.5 Å². The Hall–Kier alpha value is -4.36. The Morgan fingerprint density at radius 3 is 2.66 bits per heavy atom. The van der Waals surface area contributed by atoms with Gasteiger partial charge in [0.1, 0.15) is 5.69 Å². The van der Waals surface area contributed by atoms with Crippen molar-refractivity contribution in [1.82, 2.24) is 25.3 Å². The molecular formula is C28H25N5O2. The normalized spacial score (nSPS) is 11.9. The minimum absolute atomic E-state index is 0.0193. The second-order valence-electron chi connectivity index (χ2n) is 8.35. The maximum Gasteiger partial charge on any atom is 0.252 e. The molecule has 0 saturated carbocycles. The van der Waals surface area contributed by atoms with Crippen molar-refractivity contribution in [3.05, 3.63) is 114 Å². The highest BCUT2D eigenvalue weighted by atomic mass is 16.3. The number of nitrogens with zero attached hydrogens (tertiary/aromatic N) is 4. The van der Waals surface area contributed by atoms with Gasteiger partial charge >= 0.3 is 0 Å². The third kappa shape index (κ3) is 5.10. The number of nitrogens with one attached hydrogen (secondary N) is 1. The Bertz CT molecular complexity index is 1450. The third-order valence-electron chi connectivity index (χ3n) is 5.99. The van der Waals surface area contributed by atoms with Crippen LogP contribution in [0, 0.1) is 0 Å². The first-order valence-electron chi connectivity index (χ1n) is 11.5. The van der Waals surface area contributed by atoms with Gasteiger partial charge in [0.05, 0.1) is 18.8 Å². The molecule has 1 amide bonds. The molecule has 0 spiro atoms. The molecule has 174 valence electrons. The molecular weight excluding hydrogens is 438 g/mol. The topological polar surface area (TPSA) is 92.9 Å². The number of aromatic nitrogens is 4. The van der Waals surface area contributed by atoms with Gasteiger partial charge in [-0.1, -0.05) is 65.9 Å². The molecule has 7 nitrogen and oxygen atoms in total. The van der Waals surface area contributed by atoms with E-state index in [9.17, 15) is 9.90 Å². The fourth-order valence-electron chi connectivity index (χ4n) is 4.18. The van der Waals surface area contributed by atoms with E-state index in [1.54, 1.807) is 16.9 Å². The highest BCUT2D eigenvalue weighted by Crippen LogP contribution is 2.23. The monoisotopic (exact) mass is 463 g/mol. The second-order valence-corrected chi connectivity index (χ2v) is 8.35. The summed E-state index contributed by atoms with van der Waals surface area (Å²) in [6, 6.07) is 24.9. The number of rotatable bonds is 8. The standard InChI is InChI=1S/C28H25N5O2/c34-15-13-26(20-6-2-1-3-7-20)30-28(35)25-9-5-4-8-24(25)18-33-19-27(31-32-33)22-10-11-23-17-29-14-12-21(23)16-22/h1-12,14,16-17,19,26,34H,13,15,18H2,(H,30,35). The minimum atomic E-state index is -0.275. The molecule has 0 aliphatic rings. The molecule has 1 atom stereocenters. The number of carbonyl (C=O) groups excluding carboxylic acids is 1. The van der Waals surface area contributed by atoms with E-state index in [0.29, 0.717) is 18.5 Å². The number of aliphatic hydroxyl groups is 1. The number of benzene rings is 3. The van der Waals surface area contributed by atoms with Crippen molar-refractivity contribution in [2.45, 2.75) is 19.0 Å². The van der Waals surface area contributed by atoms with Crippen molar-refractivity contribution in [2.75, 3.05) is 6.61 Å². The van der Waals surface area contributed by atoms with Crippen LogP contribution in [0.5, 0.6) is 0 Å². The zero-order chi connectivity index (χ0) is 24.0. The van der Waals surface area contributed by atoms with E-state index in [2.05, 4.69) is 26.7 Å². The first-order valence-corrected chi connectivity index (χ1v) is 11.5. The van der Waals surface area contributed by atoms with Crippen LogP contribution >= 0.6 is 0 Å². The van der Waals surface area contributed by atoms with Crippen molar-refractivity contribution in [1.29, 1.82) is 0 Å². The second kappa shape index (κ2) is 10.3. The lowest BCUT2D eigenvalue weighted by Crippen LogP contribution is -2.30. The van der Waals surface area contributed by atoms with Crippen molar-refractivity contribution < 1.29 is 9.90 Å². The van der Waals surface area contributed by atoms with Gasteiger partial charge in [-0.15, -0.1) is 5.10 Å². The van der Waals surface area contributed by atoms with E-state index in [0.717, 1.165) is 33.2 Å². The number of pyridine rings is 1. The SMILES string of the molecule is O=C(NC(CCO)c1ccccc1)c1ccccc1Cn1cc(-c2ccc3cnccc3c2)nn1. The van der Waals surface area contributed by atoms with Crippen molar-refractivity contribution in [3.63, 3.8) is 0 Å². The molecule has 0 fully saturated rings. The number of aliphatic hydroxyl groups excluding tert-OH is 1. The number of carbonyl (C=O) groups is 1. The van der Waals surface area contributed by atoms with Crippen LogP contribution < -0.4 is 5.32 Å². The lowest BCUT2D eigenvalue weighted by atomic mass is 10.0. The Kier molecular flexibility index (Phi) is 6.59. The van der Waals surface area contributed by atoms with Crippen molar-refractivity contribution in [3.8, 4) is 11.3 Å².